The van der Waals surface area contributed by atoms with E-state index in [2.05, 4.69) is 64.1 Å². The molecule has 2 aromatic heterocycles. The number of para-hydroxylation sites is 1. The van der Waals surface area contributed by atoms with Gasteiger partial charge in [0.1, 0.15) is 5.58 Å². The molecule has 0 atom stereocenters. The van der Waals surface area contributed by atoms with Crippen LogP contribution in [0.2, 0.25) is 0 Å². The summed E-state index contributed by atoms with van der Waals surface area (Å²) in [6.45, 7) is 9.49. The summed E-state index contributed by atoms with van der Waals surface area (Å²) in [5.41, 5.74) is 7.03. The summed E-state index contributed by atoms with van der Waals surface area (Å²) in [5.74, 6) is 0. The zero-order valence-corrected chi connectivity index (χ0v) is 21.3. The van der Waals surface area contributed by atoms with E-state index in [9.17, 15) is 0 Å². The molecule has 0 aliphatic heterocycles. The average molecular weight is 597 g/mol. The number of pyridine rings is 1. The van der Waals surface area contributed by atoms with Crippen LogP contribution in [-0.2, 0) is 30.9 Å². The summed E-state index contributed by atoms with van der Waals surface area (Å²) in [6, 6.07) is 22.7. The maximum absolute atomic E-state index is 6.13. The van der Waals surface area contributed by atoms with Crippen LogP contribution in [-0.4, -0.2) is 4.98 Å². The average Bonchev–Trinajstić information content (AvgIpc) is 3.13. The normalized spacial score (nSPS) is 16.8. The third kappa shape index (κ3) is 3.14. The van der Waals surface area contributed by atoms with E-state index in [0.717, 1.165) is 33.2 Å². The second kappa shape index (κ2) is 7.27. The van der Waals surface area contributed by atoms with Gasteiger partial charge >= 0.3 is 0 Å². The number of nitrogens with zero attached hydrogens (tertiary/aromatic N) is 1. The predicted octanol–water partition coefficient (Wildman–Crippen LogP) is 7.95. The number of hydrogen-bond donors (Lipinski definition) is 0. The van der Waals surface area contributed by atoms with Gasteiger partial charge in [-0.15, -0.1) is 17.7 Å². The molecule has 0 N–H and O–H groups in total. The van der Waals surface area contributed by atoms with Crippen molar-refractivity contribution in [2.75, 3.05) is 0 Å². The van der Waals surface area contributed by atoms with E-state index in [1.165, 1.54) is 34.7 Å². The van der Waals surface area contributed by atoms with Crippen LogP contribution in [0, 0.1) is 6.07 Å². The molecule has 2 heterocycles. The standard InChI is InChI=1S/C29H26NO.Ir/c1-28(2)12-13-29(3,4)24-17-22-18(15-23(24)28)11-14-30-27(22)19-9-10-21-20-7-5-6-8-25(20)31-26(21)16-19;/h5-8,10-11,14-17H,12-13H2,1-4H3;/q-1;. The van der Waals surface area contributed by atoms with Crippen molar-refractivity contribution in [2.45, 2.75) is 51.4 Å². The Bertz CT molecular complexity index is 1490. The fourth-order valence-corrected chi connectivity index (χ4v) is 5.25. The SMILES string of the molecule is CC1(C)CCC(C)(C)c2cc3c(-c4[c-]cc5c(c4)oc4ccccc45)nccc3cc21.[Ir]. The Kier molecular flexibility index (Phi) is 4.85. The summed E-state index contributed by atoms with van der Waals surface area (Å²) in [7, 11) is 0. The largest absolute Gasteiger partial charge is 0.476 e. The number of fused-ring (bicyclic) bond motifs is 5. The number of benzene rings is 3. The number of hydrogen-bond acceptors (Lipinski definition) is 2. The summed E-state index contributed by atoms with van der Waals surface area (Å²) in [4.78, 5) is 4.80. The summed E-state index contributed by atoms with van der Waals surface area (Å²) in [5, 5.41) is 4.66. The van der Waals surface area contributed by atoms with Gasteiger partial charge in [-0.2, -0.15) is 0 Å². The van der Waals surface area contributed by atoms with Gasteiger partial charge in [-0.05, 0) is 68.8 Å². The molecule has 0 spiro atoms. The van der Waals surface area contributed by atoms with Gasteiger partial charge in [-0.25, -0.2) is 0 Å². The van der Waals surface area contributed by atoms with E-state index in [1.807, 2.05) is 30.5 Å². The van der Waals surface area contributed by atoms with Crippen molar-refractivity contribution in [2.24, 2.45) is 0 Å². The first kappa shape index (κ1) is 21.4. The molecule has 3 aromatic carbocycles. The molecule has 163 valence electrons. The summed E-state index contributed by atoms with van der Waals surface area (Å²) < 4.78 is 6.13. The number of rotatable bonds is 1. The quantitative estimate of drug-likeness (QED) is 0.184. The van der Waals surface area contributed by atoms with Crippen LogP contribution < -0.4 is 0 Å². The van der Waals surface area contributed by atoms with Crippen LogP contribution in [0.15, 0.2) is 65.2 Å². The molecule has 2 nitrogen and oxygen atoms in total. The van der Waals surface area contributed by atoms with Gasteiger partial charge in [0.2, 0.25) is 0 Å². The van der Waals surface area contributed by atoms with E-state index in [4.69, 9.17) is 9.40 Å². The van der Waals surface area contributed by atoms with Gasteiger partial charge in [0.15, 0.2) is 0 Å². The molecule has 32 heavy (non-hydrogen) atoms. The van der Waals surface area contributed by atoms with Crippen LogP contribution >= 0.6 is 0 Å². The third-order valence-corrected chi connectivity index (χ3v) is 7.30. The molecule has 1 aliphatic rings. The van der Waals surface area contributed by atoms with Crippen LogP contribution in [0.3, 0.4) is 0 Å². The topological polar surface area (TPSA) is 26.0 Å². The van der Waals surface area contributed by atoms with Crippen molar-refractivity contribution in [3.63, 3.8) is 0 Å². The van der Waals surface area contributed by atoms with Gasteiger partial charge in [-0.1, -0.05) is 69.5 Å². The molecule has 1 radical (unpaired) electrons. The zero-order chi connectivity index (χ0) is 21.4. The van der Waals surface area contributed by atoms with Crippen LogP contribution in [0.1, 0.15) is 51.7 Å². The van der Waals surface area contributed by atoms with Crippen molar-refractivity contribution in [1.82, 2.24) is 4.98 Å². The van der Waals surface area contributed by atoms with E-state index in [1.54, 1.807) is 0 Å². The molecular formula is C29H26IrNO-. The third-order valence-electron chi connectivity index (χ3n) is 7.30. The van der Waals surface area contributed by atoms with Crippen LogP contribution in [0.4, 0.5) is 0 Å². The molecule has 1 aliphatic carbocycles. The van der Waals surface area contributed by atoms with Crippen molar-refractivity contribution in [3.8, 4) is 11.3 Å². The van der Waals surface area contributed by atoms with E-state index in [-0.39, 0.29) is 30.9 Å². The zero-order valence-electron chi connectivity index (χ0n) is 18.9. The molecule has 5 aromatic rings. The second-order valence-corrected chi connectivity index (χ2v) is 10.3. The number of furan rings is 1. The first-order valence-corrected chi connectivity index (χ1v) is 11.1. The molecule has 0 saturated heterocycles. The molecule has 0 amide bonds. The van der Waals surface area contributed by atoms with E-state index >= 15 is 0 Å². The van der Waals surface area contributed by atoms with Crippen LogP contribution in [0.25, 0.3) is 44.0 Å². The van der Waals surface area contributed by atoms with Crippen molar-refractivity contribution >= 4 is 32.7 Å². The molecule has 0 saturated carbocycles. The predicted molar refractivity (Wildman–Crippen MR) is 129 cm³/mol. The minimum Gasteiger partial charge on any atom is -0.476 e. The summed E-state index contributed by atoms with van der Waals surface area (Å²) in [6.07, 6.45) is 4.33. The van der Waals surface area contributed by atoms with Gasteiger partial charge in [0, 0.05) is 26.3 Å². The molecule has 6 rings (SSSR count). The smallest absolute Gasteiger partial charge is 0.123 e. The Hall–Kier alpha value is -2.48. The maximum Gasteiger partial charge on any atom is 0.123 e. The summed E-state index contributed by atoms with van der Waals surface area (Å²) >= 11 is 0. The van der Waals surface area contributed by atoms with E-state index < -0.39 is 0 Å². The van der Waals surface area contributed by atoms with E-state index in [0.29, 0.717) is 0 Å². The minimum atomic E-state index is 0. The molecular weight excluding hydrogens is 571 g/mol. The van der Waals surface area contributed by atoms with Crippen molar-refractivity contribution < 1.29 is 24.5 Å². The van der Waals surface area contributed by atoms with Crippen molar-refractivity contribution in [1.29, 1.82) is 0 Å². The minimum absolute atomic E-state index is 0. The first-order chi connectivity index (χ1) is 14.8. The monoisotopic (exact) mass is 597 g/mol. The molecule has 0 unspecified atom stereocenters. The Morgan fingerprint density at radius 2 is 1.53 bits per heavy atom. The van der Waals surface area contributed by atoms with Gasteiger partial charge in [0.25, 0.3) is 0 Å². The second-order valence-electron chi connectivity index (χ2n) is 10.3. The number of aromatic nitrogens is 1. The molecule has 0 fully saturated rings. The molecule has 3 heteroatoms. The van der Waals surface area contributed by atoms with Gasteiger partial charge in [0.05, 0.1) is 5.58 Å². The fraction of sp³-hybridized carbons (Fsp3) is 0.276. The maximum atomic E-state index is 6.13. The van der Waals surface area contributed by atoms with Crippen LogP contribution in [0.5, 0.6) is 0 Å². The Balaban J connectivity index is 0.00000216. The fourth-order valence-electron chi connectivity index (χ4n) is 5.25. The first-order valence-electron chi connectivity index (χ1n) is 11.1. The van der Waals surface area contributed by atoms with Gasteiger partial charge < -0.3 is 9.40 Å². The van der Waals surface area contributed by atoms with Crippen molar-refractivity contribution in [3.05, 3.63) is 78.0 Å². The Morgan fingerprint density at radius 3 is 2.31 bits per heavy atom. The molecule has 0 bridgehead atoms. The Labute approximate surface area is 202 Å². The Morgan fingerprint density at radius 1 is 0.812 bits per heavy atom. The van der Waals surface area contributed by atoms with Gasteiger partial charge in [-0.3, -0.25) is 0 Å².